The summed E-state index contributed by atoms with van der Waals surface area (Å²) >= 11 is 0. The molecule has 4 aromatic rings. The Bertz CT molecular complexity index is 1170. The Kier molecular flexibility index (Phi) is 4.92. The number of para-hydroxylation sites is 1. The number of carbonyl (C=O) groups excluding carboxylic acids is 1. The normalized spacial score (nSPS) is 11.3. The smallest absolute Gasteiger partial charge is 0.256 e. The van der Waals surface area contributed by atoms with Crippen LogP contribution in [0.3, 0.4) is 0 Å². The lowest BCUT2D eigenvalue weighted by Crippen LogP contribution is -2.15. The van der Waals surface area contributed by atoms with Crippen LogP contribution in [0.4, 0.5) is 5.69 Å². The fraction of sp³-hybridized carbons (Fsp3) is 0.261. The number of benzene rings is 1. The van der Waals surface area contributed by atoms with Crippen molar-refractivity contribution in [2.24, 2.45) is 0 Å². The summed E-state index contributed by atoms with van der Waals surface area (Å²) in [5.41, 5.74) is 4.80. The lowest BCUT2D eigenvalue weighted by Gasteiger charge is -2.14. The number of aromatic nitrogens is 3. The Morgan fingerprint density at radius 1 is 1.24 bits per heavy atom. The molecule has 0 saturated heterocycles. The molecule has 148 valence electrons. The van der Waals surface area contributed by atoms with Gasteiger partial charge in [-0.2, -0.15) is 5.10 Å². The number of hydrogen-bond donors (Lipinski definition) is 1. The van der Waals surface area contributed by atoms with Crippen LogP contribution in [0.25, 0.3) is 22.5 Å². The SMILES string of the molecule is CCc1cccc(C)c1NC(=O)c1cc(-c2ccco2)nc2c1cnn2C(C)C. The fourth-order valence-electron chi connectivity index (χ4n) is 3.52. The number of aryl methyl sites for hydroxylation is 2. The zero-order chi connectivity index (χ0) is 20.5. The standard InChI is InChI=1S/C23H24N4O2/c1-5-16-9-6-8-15(4)21(16)26-23(28)17-12-19(20-10-7-11-29-20)25-22-18(17)13-24-27(22)14(2)3/h6-14H,5H2,1-4H3,(H,26,28). The molecular weight excluding hydrogens is 364 g/mol. The number of amides is 1. The number of fused-ring (bicyclic) bond motifs is 1. The van der Waals surface area contributed by atoms with Crippen LogP contribution in [0.2, 0.25) is 0 Å². The van der Waals surface area contributed by atoms with Crippen molar-refractivity contribution >= 4 is 22.6 Å². The quantitative estimate of drug-likeness (QED) is 0.497. The summed E-state index contributed by atoms with van der Waals surface area (Å²) in [5, 5.41) is 8.30. The molecule has 29 heavy (non-hydrogen) atoms. The van der Waals surface area contributed by atoms with Gasteiger partial charge in [-0.15, -0.1) is 0 Å². The van der Waals surface area contributed by atoms with Crippen molar-refractivity contribution in [1.82, 2.24) is 14.8 Å². The maximum Gasteiger partial charge on any atom is 0.256 e. The van der Waals surface area contributed by atoms with Gasteiger partial charge in [-0.05, 0) is 56.5 Å². The first-order chi connectivity index (χ1) is 14.0. The molecule has 0 aliphatic carbocycles. The molecule has 0 atom stereocenters. The molecule has 0 bridgehead atoms. The number of pyridine rings is 1. The average Bonchev–Trinajstić information content (AvgIpc) is 3.38. The van der Waals surface area contributed by atoms with Gasteiger partial charge in [-0.25, -0.2) is 9.67 Å². The molecule has 3 aromatic heterocycles. The van der Waals surface area contributed by atoms with E-state index in [4.69, 9.17) is 9.40 Å². The molecule has 1 N–H and O–H groups in total. The van der Waals surface area contributed by atoms with Gasteiger partial charge >= 0.3 is 0 Å². The lowest BCUT2D eigenvalue weighted by molar-refractivity contribution is 0.102. The maximum absolute atomic E-state index is 13.3. The summed E-state index contributed by atoms with van der Waals surface area (Å²) in [7, 11) is 0. The van der Waals surface area contributed by atoms with Crippen LogP contribution in [0, 0.1) is 6.92 Å². The van der Waals surface area contributed by atoms with E-state index in [1.165, 1.54) is 0 Å². The first kappa shape index (κ1) is 18.9. The van der Waals surface area contributed by atoms with Crippen LogP contribution in [-0.4, -0.2) is 20.7 Å². The van der Waals surface area contributed by atoms with Crippen molar-refractivity contribution in [2.45, 2.75) is 40.2 Å². The van der Waals surface area contributed by atoms with E-state index in [0.29, 0.717) is 22.7 Å². The number of rotatable bonds is 5. The third-order valence-electron chi connectivity index (χ3n) is 5.05. The number of anilines is 1. The molecule has 0 aliphatic heterocycles. The van der Waals surface area contributed by atoms with Crippen LogP contribution in [0.5, 0.6) is 0 Å². The van der Waals surface area contributed by atoms with E-state index >= 15 is 0 Å². The van der Waals surface area contributed by atoms with Crippen LogP contribution in [0.1, 0.15) is 48.3 Å². The minimum atomic E-state index is -0.183. The predicted molar refractivity (Wildman–Crippen MR) is 114 cm³/mol. The molecule has 0 radical (unpaired) electrons. The second-order valence-corrected chi connectivity index (χ2v) is 7.37. The molecule has 0 unspecified atom stereocenters. The van der Waals surface area contributed by atoms with Gasteiger partial charge in [0.1, 0.15) is 5.69 Å². The fourth-order valence-corrected chi connectivity index (χ4v) is 3.52. The third-order valence-corrected chi connectivity index (χ3v) is 5.05. The minimum Gasteiger partial charge on any atom is -0.463 e. The van der Waals surface area contributed by atoms with Crippen molar-refractivity contribution in [3.63, 3.8) is 0 Å². The first-order valence-electron chi connectivity index (χ1n) is 9.81. The van der Waals surface area contributed by atoms with E-state index in [9.17, 15) is 4.79 Å². The van der Waals surface area contributed by atoms with E-state index in [1.54, 1.807) is 18.5 Å². The van der Waals surface area contributed by atoms with E-state index in [1.807, 2.05) is 55.8 Å². The van der Waals surface area contributed by atoms with Gasteiger partial charge in [-0.3, -0.25) is 4.79 Å². The van der Waals surface area contributed by atoms with E-state index in [2.05, 4.69) is 17.3 Å². The Hall–Kier alpha value is -3.41. The van der Waals surface area contributed by atoms with E-state index in [-0.39, 0.29) is 11.9 Å². The number of furan rings is 1. The summed E-state index contributed by atoms with van der Waals surface area (Å²) < 4.78 is 7.35. The highest BCUT2D eigenvalue weighted by atomic mass is 16.3. The van der Waals surface area contributed by atoms with Gasteiger partial charge in [0, 0.05) is 11.7 Å². The highest BCUT2D eigenvalue weighted by molar-refractivity contribution is 6.13. The second kappa shape index (κ2) is 7.54. The van der Waals surface area contributed by atoms with Crippen molar-refractivity contribution in [2.75, 3.05) is 5.32 Å². The molecule has 1 amide bonds. The minimum absolute atomic E-state index is 0.117. The van der Waals surface area contributed by atoms with Crippen molar-refractivity contribution in [1.29, 1.82) is 0 Å². The topological polar surface area (TPSA) is 73.0 Å². The summed E-state index contributed by atoms with van der Waals surface area (Å²) in [6, 6.07) is 11.6. The van der Waals surface area contributed by atoms with Crippen molar-refractivity contribution in [3.8, 4) is 11.5 Å². The Labute approximate surface area is 169 Å². The van der Waals surface area contributed by atoms with Gasteiger partial charge in [0.15, 0.2) is 11.4 Å². The van der Waals surface area contributed by atoms with E-state index in [0.717, 1.165) is 28.6 Å². The maximum atomic E-state index is 13.3. The molecule has 0 saturated carbocycles. The highest BCUT2D eigenvalue weighted by Gasteiger charge is 2.20. The molecule has 3 heterocycles. The predicted octanol–water partition coefficient (Wildman–Crippen LogP) is 5.40. The average molecular weight is 388 g/mol. The lowest BCUT2D eigenvalue weighted by atomic mass is 10.0. The summed E-state index contributed by atoms with van der Waals surface area (Å²) in [5.74, 6) is 0.431. The number of hydrogen-bond acceptors (Lipinski definition) is 4. The molecule has 0 aliphatic rings. The van der Waals surface area contributed by atoms with Gasteiger partial charge in [-0.1, -0.05) is 25.1 Å². The Balaban J connectivity index is 1.85. The molecule has 0 fully saturated rings. The Morgan fingerprint density at radius 2 is 2.07 bits per heavy atom. The van der Waals surface area contributed by atoms with Gasteiger partial charge in [0.2, 0.25) is 0 Å². The molecule has 1 aromatic carbocycles. The van der Waals surface area contributed by atoms with Crippen LogP contribution >= 0.6 is 0 Å². The number of carbonyl (C=O) groups is 1. The Morgan fingerprint density at radius 3 is 2.76 bits per heavy atom. The molecule has 4 rings (SSSR count). The third kappa shape index (κ3) is 3.42. The van der Waals surface area contributed by atoms with Crippen LogP contribution < -0.4 is 5.32 Å². The molecule has 6 heteroatoms. The van der Waals surface area contributed by atoms with Gasteiger partial charge in [0.05, 0.1) is 23.4 Å². The number of nitrogens with one attached hydrogen (secondary N) is 1. The molecule has 0 spiro atoms. The highest BCUT2D eigenvalue weighted by Crippen LogP contribution is 2.28. The van der Waals surface area contributed by atoms with E-state index < -0.39 is 0 Å². The van der Waals surface area contributed by atoms with Crippen LogP contribution in [-0.2, 0) is 6.42 Å². The summed E-state index contributed by atoms with van der Waals surface area (Å²) in [6.07, 6.45) is 4.15. The molecular formula is C23H24N4O2. The van der Waals surface area contributed by atoms with Crippen molar-refractivity contribution in [3.05, 3.63) is 65.5 Å². The van der Waals surface area contributed by atoms with Crippen molar-refractivity contribution < 1.29 is 9.21 Å². The first-order valence-corrected chi connectivity index (χ1v) is 9.81. The number of nitrogens with zero attached hydrogens (tertiary/aromatic N) is 3. The monoisotopic (exact) mass is 388 g/mol. The summed E-state index contributed by atoms with van der Waals surface area (Å²) in [4.78, 5) is 18.1. The zero-order valence-electron chi connectivity index (χ0n) is 17.1. The largest absolute Gasteiger partial charge is 0.463 e. The van der Waals surface area contributed by atoms with Gasteiger partial charge < -0.3 is 9.73 Å². The molecule has 6 nitrogen and oxygen atoms in total. The zero-order valence-corrected chi connectivity index (χ0v) is 17.1. The second-order valence-electron chi connectivity index (χ2n) is 7.37. The van der Waals surface area contributed by atoms with Crippen LogP contribution in [0.15, 0.2) is 53.3 Å². The summed E-state index contributed by atoms with van der Waals surface area (Å²) in [6.45, 7) is 8.15. The van der Waals surface area contributed by atoms with Gasteiger partial charge in [0.25, 0.3) is 5.91 Å².